The average Bonchev–Trinajstić information content (AvgIpc) is 2.94. The molecule has 2 heterocycles. The number of nitrogens with zero attached hydrogens (tertiary/aromatic N) is 2. The van der Waals surface area contributed by atoms with Crippen LogP contribution in [0.15, 0.2) is 39.3 Å². The largest absolute Gasteiger partial charge is 0.453 e. The van der Waals surface area contributed by atoms with Crippen molar-refractivity contribution >= 4 is 22.6 Å². The van der Waals surface area contributed by atoms with Gasteiger partial charge >= 0.3 is 0 Å². The topological polar surface area (TPSA) is 52.1 Å². The second-order valence-corrected chi connectivity index (χ2v) is 3.98. The Morgan fingerprint density at radius 1 is 1.24 bits per heavy atom. The van der Waals surface area contributed by atoms with Crippen molar-refractivity contribution in [1.29, 1.82) is 0 Å². The first-order valence-corrected chi connectivity index (χ1v) is 5.78. The lowest BCUT2D eigenvalue weighted by Crippen LogP contribution is -1.85. The number of alkyl halides is 1. The van der Waals surface area contributed by atoms with Gasteiger partial charge in [-0.1, -0.05) is 23.4 Å². The lowest BCUT2D eigenvalue weighted by atomic mass is 10.2. The number of rotatable bonds is 3. The Bertz CT molecular complexity index is 612. The Morgan fingerprint density at radius 3 is 2.94 bits per heavy atom. The van der Waals surface area contributed by atoms with E-state index in [1.165, 1.54) is 0 Å². The highest BCUT2D eigenvalue weighted by molar-refractivity contribution is 6.17. The molecule has 0 saturated carbocycles. The zero-order valence-corrected chi connectivity index (χ0v) is 9.65. The van der Waals surface area contributed by atoms with Crippen molar-refractivity contribution in [3.63, 3.8) is 0 Å². The second-order valence-electron chi connectivity index (χ2n) is 3.60. The molecular formula is C12H9ClN2O2. The first-order chi connectivity index (χ1) is 8.36. The number of hydrogen-bond acceptors (Lipinski definition) is 4. The lowest BCUT2D eigenvalue weighted by Gasteiger charge is -1.84. The van der Waals surface area contributed by atoms with Crippen LogP contribution in [0.3, 0.4) is 0 Å². The Balaban J connectivity index is 2.01. The third kappa shape index (κ3) is 1.91. The molecule has 4 nitrogen and oxygen atoms in total. The zero-order valence-electron chi connectivity index (χ0n) is 8.89. The summed E-state index contributed by atoms with van der Waals surface area (Å²) in [6.45, 7) is 0. The number of aryl methyl sites for hydroxylation is 1. The summed E-state index contributed by atoms with van der Waals surface area (Å²) < 4.78 is 10.7. The van der Waals surface area contributed by atoms with Gasteiger partial charge in [-0.2, -0.15) is 4.98 Å². The summed E-state index contributed by atoms with van der Waals surface area (Å²) in [6, 6.07) is 9.65. The van der Waals surface area contributed by atoms with E-state index in [2.05, 4.69) is 10.1 Å². The molecule has 1 aromatic carbocycles. The van der Waals surface area contributed by atoms with Crippen LogP contribution in [-0.4, -0.2) is 16.0 Å². The normalized spacial score (nSPS) is 11.1. The predicted molar refractivity (Wildman–Crippen MR) is 63.9 cm³/mol. The average molecular weight is 249 g/mol. The molecule has 86 valence electrons. The number of hydrogen-bond donors (Lipinski definition) is 0. The highest BCUT2D eigenvalue weighted by atomic mass is 35.5. The molecule has 2 aromatic heterocycles. The van der Waals surface area contributed by atoms with Crippen molar-refractivity contribution in [3.05, 3.63) is 36.2 Å². The molecule has 3 rings (SSSR count). The highest BCUT2D eigenvalue weighted by Crippen LogP contribution is 2.25. The standard InChI is InChI=1S/C12H9ClN2O2/c13-6-5-11-14-12(15-17-11)10-7-8-3-1-2-4-9(8)16-10/h1-4,7H,5-6H2. The maximum Gasteiger partial charge on any atom is 0.238 e. The van der Waals surface area contributed by atoms with E-state index < -0.39 is 0 Å². The molecule has 0 bridgehead atoms. The summed E-state index contributed by atoms with van der Waals surface area (Å²) in [5.74, 6) is 2.05. The number of fused-ring (bicyclic) bond motifs is 1. The minimum atomic E-state index is 0.460. The van der Waals surface area contributed by atoms with Gasteiger partial charge in [0.2, 0.25) is 11.7 Å². The maximum atomic E-state index is 5.63. The van der Waals surface area contributed by atoms with Gasteiger partial charge < -0.3 is 8.94 Å². The van der Waals surface area contributed by atoms with Gasteiger partial charge in [0.1, 0.15) is 5.58 Å². The summed E-state index contributed by atoms with van der Waals surface area (Å²) in [5.41, 5.74) is 0.811. The van der Waals surface area contributed by atoms with Crippen LogP contribution >= 0.6 is 11.6 Å². The second kappa shape index (κ2) is 4.22. The molecule has 0 atom stereocenters. The van der Waals surface area contributed by atoms with E-state index in [1.807, 2.05) is 30.3 Å². The first kappa shape index (κ1) is 10.4. The molecule has 17 heavy (non-hydrogen) atoms. The fraction of sp³-hybridized carbons (Fsp3) is 0.167. The molecule has 3 aromatic rings. The third-order valence-corrected chi connectivity index (χ3v) is 2.61. The minimum absolute atomic E-state index is 0.460. The molecule has 0 radical (unpaired) electrons. The van der Waals surface area contributed by atoms with Gasteiger partial charge in [0, 0.05) is 17.7 Å². The Kier molecular flexibility index (Phi) is 2.57. The fourth-order valence-electron chi connectivity index (χ4n) is 1.63. The van der Waals surface area contributed by atoms with E-state index >= 15 is 0 Å². The number of aromatic nitrogens is 2. The molecule has 0 aliphatic heterocycles. The van der Waals surface area contributed by atoms with E-state index in [9.17, 15) is 0 Å². The van der Waals surface area contributed by atoms with E-state index in [4.69, 9.17) is 20.5 Å². The third-order valence-electron chi connectivity index (χ3n) is 2.42. The van der Waals surface area contributed by atoms with Crippen LogP contribution in [-0.2, 0) is 6.42 Å². The first-order valence-electron chi connectivity index (χ1n) is 5.24. The van der Waals surface area contributed by atoms with Crippen LogP contribution in [0.25, 0.3) is 22.6 Å². The van der Waals surface area contributed by atoms with Crippen molar-refractivity contribution in [2.45, 2.75) is 6.42 Å². The molecule has 0 aliphatic rings. The van der Waals surface area contributed by atoms with E-state index in [0.29, 0.717) is 29.8 Å². The van der Waals surface area contributed by atoms with Gasteiger partial charge in [0.25, 0.3) is 0 Å². The number of furan rings is 1. The van der Waals surface area contributed by atoms with Crippen LogP contribution in [0.4, 0.5) is 0 Å². The molecule has 0 spiro atoms. The van der Waals surface area contributed by atoms with Crippen LogP contribution in [0, 0.1) is 0 Å². The van der Waals surface area contributed by atoms with Crippen molar-refractivity contribution in [2.24, 2.45) is 0 Å². The van der Waals surface area contributed by atoms with Crippen LogP contribution in [0.5, 0.6) is 0 Å². The molecule has 0 saturated heterocycles. The van der Waals surface area contributed by atoms with Crippen LogP contribution < -0.4 is 0 Å². The monoisotopic (exact) mass is 248 g/mol. The van der Waals surface area contributed by atoms with Crippen LogP contribution in [0.2, 0.25) is 0 Å². The summed E-state index contributed by atoms with van der Waals surface area (Å²) >= 11 is 5.60. The highest BCUT2D eigenvalue weighted by Gasteiger charge is 2.12. The van der Waals surface area contributed by atoms with E-state index in [-0.39, 0.29) is 0 Å². The van der Waals surface area contributed by atoms with Gasteiger partial charge in [-0.05, 0) is 12.1 Å². The smallest absolute Gasteiger partial charge is 0.238 e. The van der Waals surface area contributed by atoms with E-state index in [0.717, 1.165) is 11.0 Å². The van der Waals surface area contributed by atoms with Gasteiger partial charge in [-0.15, -0.1) is 11.6 Å². The Hall–Kier alpha value is -1.81. The summed E-state index contributed by atoms with van der Waals surface area (Å²) in [5, 5.41) is 4.88. The quantitative estimate of drug-likeness (QED) is 0.668. The fourth-order valence-corrected chi connectivity index (χ4v) is 1.79. The zero-order chi connectivity index (χ0) is 11.7. The Labute approximate surface area is 102 Å². The molecule has 0 N–H and O–H groups in total. The number of benzene rings is 1. The molecule has 0 aliphatic carbocycles. The van der Waals surface area contributed by atoms with E-state index in [1.54, 1.807) is 0 Å². The predicted octanol–water partition coefficient (Wildman–Crippen LogP) is 3.26. The maximum absolute atomic E-state index is 5.63. The van der Waals surface area contributed by atoms with Crippen molar-refractivity contribution in [2.75, 3.05) is 5.88 Å². The Morgan fingerprint density at radius 2 is 2.12 bits per heavy atom. The van der Waals surface area contributed by atoms with Crippen molar-refractivity contribution in [3.8, 4) is 11.6 Å². The summed E-state index contributed by atoms with van der Waals surface area (Å²) in [7, 11) is 0. The van der Waals surface area contributed by atoms with Crippen molar-refractivity contribution < 1.29 is 8.94 Å². The number of para-hydroxylation sites is 1. The molecule has 5 heteroatoms. The lowest BCUT2D eigenvalue weighted by molar-refractivity contribution is 0.382. The van der Waals surface area contributed by atoms with Crippen LogP contribution in [0.1, 0.15) is 5.89 Å². The summed E-state index contributed by atoms with van der Waals surface area (Å²) in [4.78, 5) is 4.21. The summed E-state index contributed by atoms with van der Waals surface area (Å²) in [6.07, 6.45) is 0.564. The number of halogens is 1. The van der Waals surface area contributed by atoms with Gasteiger partial charge in [-0.25, -0.2) is 0 Å². The molecule has 0 fully saturated rings. The molecule has 0 unspecified atom stereocenters. The van der Waals surface area contributed by atoms with Gasteiger partial charge in [0.15, 0.2) is 5.76 Å². The van der Waals surface area contributed by atoms with Gasteiger partial charge in [-0.3, -0.25) is 0 Å². The molecule has 0 amide bonds. The molecular weight excluding hydrogens is 240 g/mol. The van der Waals surface area contributed by atoms with Gasteiger partial charge in [0.05, 0.1) is 0 Å². The van der Waals surface area contributed by atoms with Crippen molar-refractivity contribution in [1.82, 2.24) is 10.1 Å². The SMILES string of the molecule is ClCCc1nc(-c2cc3ccccc3o2)no1. The minimum Gasteiger partial charge on any atom is -0.453 e.